The van der Waals surface area contributed by atoms with Gasteiger partial charge in [-0.15, -0.1) is 0 Å². The van der Waals surface area contributed by atoms with Crippen molar-refractivity contribution in [2.75, 3.05) is 19.6 Å². The molecule has 1 saturated heterocycles. The van der Waals surface area contributed by atoms with Gasteiger partial charge in [-0.25, -0.2) is 9.59 Å². The van der Waals surface area contributed by atoms with Gasteiger partial charge >= 0.3 is 11.9 Å². The van der Waals surface area contributed by atoms with E-state index in [1.165, 1.54) is 11.1 Å². The molecule has 0 aliphatic carbocycles. The highest BCUT2D eigenvalue weighted by Gasteiger charge is 2.28. The van der Waals surface area contributed by atoms with Gasteiger partial charge in [-0.2, -0.15) is 0 Å². The zero-order valence-corrected chi connectivity index (χ0v) is 22.9. The van der Waals surface area contributed by atoms with E-state index in [2.05, 4.69) is 59.2 Å². The molecule has 1 fully saturated rings. The summed E-state index contributed by atoms with van der Waals surface area (Å²) in [5.74, 6) is -1.48. The lowest BCUT2D eigenvalue weighted by atomic mass is 9.94. The number of benzene rings is 3. The van der Waals surface area contributed by atoms with Gasteiger partial charge < -0.3 is 19.8 Å². The monoisotopic (exact) mass is 546 g/mol. The lowest BCUT2D eigenvalue weighted by molar-refractivity contribution is -0.159. The summed E-state index contributed by atoms with van der Waals surface area (Å²) in [6.45, 7) is 6.53. The van der Waals surface area contributed by atoms with Gasteiger partial charge in [0.25, 0.3) is 0 Å². The molecule has 1 aliphatic heterocycles. The van der Waals surface area contributed by atoms with Gasteiger partial charge in [0.15, 0.2) is 0 Å². The van der Waals surface area contributed by atoms with Crippen LogP contribution in [0.5, 0.6) is 11.5 Å². The van der Waals surface area contributed by atoms with Crippen LogP contribution in [-0.4, -0.2) is 57.5 Å². The minimum Gasteiger partial charge on any atom is -0.473 e. The summed E-state index contributed by atoms with van der Waals surface area (Å²) < 4.78 is 6.00. The molecule has 40 heavy (non-hydrogen) atoms. The van der Waals surface area contributed by atoms with Gasteiger partial charge in [0.2, 0.25) is 5.91 Å². The van der Waals surface area contributed by atoms with Crippen molar-refractivity contribution in [3.05, 3.63) is 96.1 Å². The highest BCUT2D eigenvalue weighted by Crippen LogP contribution is 2.25. The number of aliphatic carboxylic acids is 2. The first kappa shape index (κ1) is 30.4. The van der Waals surface area contributed by atoms with Crippen molar-refractivity contribution >= 4 is 17.8 Å². The molecule has 0 radical (unpaired) electrons. The Balaban J connectivity index is 0.000000663. The predicted octanol–water partition coefficient (Wildman–Crippen LogP) is 5.68. The Morgan fingerprint density at radius 3 is 2.00 bits per heavy atom. The maximum Gasteiger partial charge on any atom is 0.414 e. The Labute approximate surface area is 235 Å². The number of likely N-dealkylation sites (tertiary alicyclic amines) is 1. The van der Waals surface area contributed by atoms with Gasteiger partial charge in [-0.3, -0.25) is 9.69 Å². The molecule has 1 heterocycles. The number of carboxylic acid groups (broad SMARTS) is 2. The van der Waals surface area contributed by atoms with Gasteiger partial charge in [0, 0.05) is 25.6 Å². The van der Waals surface area contributed by atoms with E-state index in [1.54, 1.807) is 0 Å². The number of rotatable bonds is 10. The average Bonchev–Trinajstić information content (AvgIpc) is 2.97. The first-order valence-corrected chi connectivity index (χ1v) is 13.7. The number of nitrogens with zero attached hydrogens (tertiary/aromatic N) is 2. The number of para-hydroxylation sites is 1. The third kappa shape index (κ3) is 10.2. The summed E-state index contributed by atoms with van der Waals surface area (Å²) in [7, 11) is 0. The lowest BCUT2D eigenvalue weighted by Gasteiger charge is -2.34. The van der Waals surface area contributed by atoms with E-state index in [0.29, 0.717) is 12.5 Å². The Kier molecular flexibility index (Phi) is 12.2. The van der Waals surface area contributed by atoms with Gasteiger partial charge in [-0.05, 0) is 67.7 Å². The van der Waals surface area contributed by atoms with Gasteiger partial charge in [0.1, 0.15) is 11.5 Å². The van der Waals surface area contributed by atoms with E-state index in [0.717, 1.165) is 63.4 Å². The van der Waals surface area contributed by atoms with Crippen LogP contribution < -0.4 is 4.74 Å². The summed E-state index contributed by atoms with van der Waals surface area (Å²) in [6, 6.07) is 28.6. The number of piperidine rings is 1. The maximum atomic E-state index is 13.4. The topological polar surface area (TPSA) is 107 Å². The number of carbonyl (C=O) groups is 3. The van der Waals surface area contributed by atoms with E-state index < -0.39 is 11.9 Å². The second kappa shape index (κ2) is 16.1. The minimum absolute atomic E-state index is 0.129. The molecular weight excluding hydrogens is 508 g/mol. The zero-order chi connectivity index (χ0) is 28.7. The fourth-order valence-electron chi connectivity index (χ4n) is 4.61. The summed E-state index contributed by atoms with van der Waals surface area (Å²) in [4.78, 5) is 36.1. The molecule has 8 heteroatoms. The van der Waals surface area contributed by atoms with Crippen LogP contribution in [0.2, 0.25) is 0 Å². The van der Waals surface area contributed by atoms with Crippen molar-refractivity contribution in [1.82, 2.24) is 9.80 Å². The summed E-state index contributed by atoms with van der Waals surface area (Å²) >= 11 is 0. The summed E-state index contributed by atoms with van der Waals surface area (Å²) in [6.07, 6.45) is 4.01. The third-order valence-electron chi connectivity index (χ3n) is 6.71. The van der Waals surface area contributed by atoms with Crippen molar-refractivity contribution in [3.63, 3.8) is 0 Å². The fraction of sp³-hybridized carbons (Fsp3) is 0.344. The van der Waals surface area contributed by atoms with Crippen LogP contribution in [0.15, 0.2) is 84.9 Å². The van der Waals surface area contributed by atoms with Crippen molar-refractivity contribution in [2.45, 2.75) is 45.7 Å². The van der Waals surface area contributed by atoms with E-state index in [9.17, 15) is 4.79 Å². The smallest absolute Gasteiger partial charge is 0.414 e. The fourth-order valence-corrected chi connectivity index (χ4v) is 4.61. The summed E-state index contributed by atoms with van der Waals surface area (Å²) in [5, 5.41) is 14.8. The third-order valence-corrected chi connectivity index (χ3v) is 6.71. The molecule has 1 aliphatic rings. The van der Waals surface area contributed by atoms with Crippen LogP contribution in [0.25, 0.3) is 0 Å². The molecule has 2 N–H and O–H groups in total. The van der Waals surface area contributed by atoms with Crippen LogP contribution >= 0.6 is 0 Å². The quantitative estimate of drug-likeness (QED) is 0.315. The van der Waals surface area contributed by atoms with Gasteiger partial charge in [-0.1, -0.05) is 74.0 Å². The molecule has 0 aromatic heterocycles. The Morgan fingerprint density at radius 2 is 1.40 bits per heavy atom. The van der Waals surface area contributed by atoms with E-state index in [4.69, 9.17) is 24.5 Å². The van der Waals surface area contributed by atoms with Crippen LogP contribution in [0.4, 0.5) is 0 Å². The molecule has 0 bridgehead atoms. The maximum absolute atomic E-state index is 13.4. The van der Waals surface area contributed by atoms with Crippen LogP contribution in [-0.2, 0) is 27.5 Å². The second-order valence-electron chi connectivity index (χ2n) is 9.82. The normalized spacial score (nSPS) is 13.5. The molecule has 212 valence electrons. The molecule has 0 unspecified atom stereocenters. The average molecular weight is 547 g/mol. The molecule has 0 saturated carbocycles. The van der Waals surface area contributed by atoms with E-state index in [-0.39, 0.29) is 5.92 Å². The van der Waals surface area contributed by atoms with Crippen LogP contribution in [0.3, 0.4) is 0 Å². The van der Waals surface area contributed by atoms with Crippen molar-refractivity contribution in [3.8, 4) is 11.5 Å². The molecule has 0 spiro atoms. The first-order chi connectivity index (χ1) is 19.4. The number of carboxylic acids is 2. The minimum atomic E-state index is -1.82. The molecule has 3 aromatic carbocycles. The Bertz CT molecular complexity index is 1200. The van der Waals surface area contributed by atoms with Crippen LogP contribution in [0, 0.1) is 5.92 Å². The summed E-state index contributed by atoms with van der Waals surface area (Å²) in [5.41, 5.74) is 2.45. The number of amides is 1. The van der Waals surface area contributed by atoms with E-state index >= 15 is 0 Å². The zero-order valence-electron chi connectivity index (χ0n) is 22.9. The molecule has 1 amide bonds. The molecule has 3 aromatic rings. The molecular formula is C32H38N2O6. The Morgan fingerprint density at radius 1 is 0.825 bits per heavy atom. The largest absolute Gasteiger partial charge is 0.473 e. The van der Waals surface area contributed by atoms with Crippen LogP contribution in [0.1, 0.15) is 43.7 Å². The standard InChI is InChI=1S/C30H36N2O2.C2H2O4/c1-2-3-19-32(24-25-11-6-4-7-12-25)30(33)27-17-20-31(21-18-27)23-26-13-10-16-29(22-26)34-28-14-8-5-9-15-28;3-1(4)2(5)6/h4-16,22,27H,2-3,17-21,23-24H2,1H3;(H,3,4)(H,5,6). The van der Waals surface area contributed by atoms with Crippen molar-refractivity contribution in [2.24, 2.45) is 5.92 Å². The highest BCUT2D eigenvalue weighted by molar-refractivity contribution is 6.27. The molecule has 0 atom stereocenters. The van der Waals surface area contributed by atoms with Crippen molar-refractivity contribution in [1.29, 1.82) is 0 Å². The van der Waals surface area contributed by atoms with E-state index in [1.807, 2.05) is 42.5 Å². The number of ether oxygens (including phenoxy) is 1. The number of unbranched alkanes of at least 4 members (excludes halogenated alkanes) is 1. The second-order valence-corrected chi connectivity index (χ2v) is 9.82. The number of hydrogen-bond donors (Lipinski definition) is 2. The molecule has 4 rings (SSSR count). The Hall–Kier alpha value is -4.17. The molecule has 8 nitrogen and oxygen atoms in total. The lowest BCUT2D eigenvalue weighted by Crippen LogP contribution is -2.42. The first-order valence-electron chi connectivity index (χ1n) is 13.7. The highest BCUT2D eigenvalue weighted by atomic mass is 16.5. The number of carbonyl (C=O) groups excluding carboxylic acids is 1. The van der Waals surface area contributed by atoms with Gasteiger partial charge in [0.05, 0.1) is 0 Å². The number of hydrogen-bond acceptors (Lipinski definition) is 5. The van der Waals surface area contributed by atoms with Crippen molar-refractivity contribution < 1.29 is 29.3 Å². The predicted molar refractivity (Wildman–Crippen MR) is 153 cm³/mol. The SMILES string of the molecule is CCCCN(Cc1ccccc1)C(=O)C1CCN(Cc2cccc(Oc3ccccc3)c2)CC1.O=C(O)C(=O)O.